The van der Waals surface area contributed by atoms with Crippen molar-refractivity contribution >= 4 is 23.6 Å². The molecule has 1 aliphatic heterocycles. The Hall–Kier alpha value is -3.35. The number of para-hydroxylation sites is 1. The van der Waals surface area contributed by atoms with Crippen molar-refractivity contribution in [2.24, 2.45) is 0 Å². The Morgan fingerprint density at radius 2 is 1.88 bits per heavy atom. The molecule has 0 bridgehead atoms. The van der Waals surface area contributed by atoms with Crippen molar-refractivity contribution < 1.29 is 18.7 Å². The predicted molar refractivity (Wildman–Crippen MR) is 131 cm³/mol. The van der Waals surface area contributed by atoms with Gasteiger partial charge < -0.3 is 19.9 Å². The smallest absolute Gasteiger partial charge is 0.289 e. The number of carbonyl (C=O) groups excluding carboxylic acids is 2. The lowest BCUT2D eigenvalue weighted by Gasteiger charge is -2.44. The maximum absolute atomic E-state index is 14.2. The molecule has 0 spiro atoms. The fourth-order valence-corrected chi connectivity index (χ4v) is 4.74. The number of fused-ring (bicyclic) bond motifs is 1. The summed E-state index contributed by atoms with van der Waals surface area (Å²) >= 11 is 0. The van der Waals surface area contributed by atoms with E-state index >= 15 is 0 Å². The molecule has 2 fully saturated rings. The predicted octanol–water partition coefficient (Wildman–Crippen LogP) is 3.98. The second-order valence-corrected chi connectivity index (χ2v) is 8.74. The molecular formula is C27H32FN3O3. The first-order valence-electron chi connectivity index (χ1n) is 12.1. The van der Waals surface area contributed by atoms with E-state index in [1.54, 1.807) is 23.1 Å². The zero-order valence-electron chi connectivity index (χ0n) is 19.6. The minimum Gasteiger partial charge on any atom is -0.482 e. The number of hydrogen-bond donors (Lipinski definition) is 1. The second-order valence-electron chi connectivity index (χ2n) is 8.74. The number of ether oxygens (including phenoxy) is 1. The molecule has 2 aromatic carbocycles. The van der Waals surface area contributed by atoms with Gasteiger partial charge in [0.2, 0.25) is 5.91 Å². The molecule has 180 valence electrons. The second kappa shape index (κ2) is 11.2. The van der Waals surface area contributed by atoms with E-state index in [0.717, 1.165) is 37.9 Å². The number of carbonyl (C=O) groups is 2. The number of nitrogens with zero attached hydrogens (tertiary/aromatic N) is 2. The number of nitrogens with one attached hydrogen (secondary N) is 1. The van der Waals surface area contributed by atoms with Crippen LogP contribution in [0.15, 0.2) is 60.4 Å². The summed E-state index contributed by atoms with van der Waals surface area (Å²) in [4.78, 5) is 29.9. The molecule has 1 saturated carbocycles. The number of amides is 2. The lowest BCUT2D eigenvalue weighted by Crippen LogP contribution is -2.57. The molecule has 6 nitrogen and oxygen atoms in total. The summed E-state index contributed by atoms with van der Waals surface area (Å²) < 4.78 is 20.2. The summed E-state index contributed by atoms with van der Waals surface area (Å²) in [5.74, 6) is -0.877. The summed E-state index contributed by atoms with van der Waals surface area (Å²) in [5.41, 5.74) is 1.40. The highest BCUT2D eigenvalue weighted by molar-refractivity contribution is 5.98. The van der Waals surface area contributed by atoms with E-state index in [0.29, 0.717) is 18.7 Å². The Morgan fingerprint density at radius 1 is 1.15 bits per heavy atom. The van der Waals surface area contributed by atoms with Gasteiger partial charge in [-0.25, -0.2) is 4.39 Å². The molecule has 2 amide bonds. The topological polar surface area (TPSA) is 61.9 Å². The fraction of sp³-hybridized carbons (Fsp3) is 0.407. The molecule has 2 atom stereocenters. The number of morpholine rings is 1. The molecule has 2 aliphatic rings. The van der Waals surface area contributed by atoms with Gasteiger partial charge in [0.15, 0.2) is 5.76 Å². The van der Waals surface area contributed by atoms with Crippen molar-refractivity contribution in [2.45, 2.75) is 44.8 Å². The van der Waals surface area contributed by atoms with Crippen molar-refractivity contribution in [2.75, 3.05) is 31.1 Å². The van der Waals surface area contributed by atoms with Crippen LogP contribution in [-0.2, 0) is 14.3 Å². The number of hydrogen-bond acceptors (Lipinski definition) is 4. The van der Waals surface area contributed by atoms with Gasteiger partial charge in [0.05, 0.1) is 6.04 Å². The average Bonchev–Trinajstić information content (AvgIpc) is 2.86. The molecule has 2 unspecified atom stereocenters. The van der Waals surface area contributed by atoms with E-state index in [2.05, 4.69) is 17.1 Å². The Morgan fingerprint density at radius 3 is 2.65 bits per heavy atom. The van der Waals surface area contributed by atoms with Crippen LogP contribution < -0.4 is 10.2 Å². The van der Waals surface area contributed by atoms with E-state index in [1.807, 2.05) is 30.3 Å². The van der Waals surface area contributed by atoms with Crippen molar-refractivity contribution in [3.8, 4) is 0 Å². The van der Waals surface area contributed by atoms with E-state index in [4.69, 9.17) is 4.74 Å². The highest BCUT2D eigenvalue weighted by Gasteiger charge is 2.42. The summed E-state index contributed by atoms with van der Waals surface area (Å²) in [7, 11) is 0. The highest BCUT2D eigenvalue weighted by Crippen LogP contribution is 2.33. The molecule has 1 heterocycles. The van der Waals surface area contributed by atoms with E-state index < -0.39 is 5.82 Å². The first-order chi connectivity index (χ1) is 16.6. The van der Waals surface area contributed by atoms with Crippen LogP contribution in [0.2, 0.25) is 0 Å². The Labute approximate surface area is 200 Å². The zero-order valence-corrected chi connectivity index (χ0v) is 19.6. The molecule has 34 heavy (non-hydrogen) atoms. The third kappa shape index (κ3) is 5.58. The zero-order chi connectivity index (χ0) is 23.9. The largest absolute Gasteiger partial charge is 0.482 e. The number of benzene rings is 2. The quantitative estimate of drug-likeness (QED) is 0.599. The Balaban J connectivity index is 1.41. The number of rotatable bonds is 8. The molecule has 1 N–H and O–H groups in total. The van der Waals surface area contributed by atoms with Crippen molar-refractivity contribution in [1.29, 1.82) is 0 Å². The summed E-state index contributed by atoms with van der Waals surface area (Å²) in [6.45, 7) is 4.03. The monoisotopic (exact) mass is 465 g/mol. The third-order valence-electron chi connectivity index (χ3n) is 6.53. The molecule has 2 aromatic rings. The summed E-state index contributed by atoms with van der Waals surface area (Å²) in [6.07, 6.45) is 4.89. The van der Waals surface area contributed by atoms with Gasteiger partial charge in [0.25, 0.3) is 5.91 Å². The molecule has 7 heteroatoms. The minimum atomic E-state index is -0.416. The number of likely N-dealkylation sites (N-methyl/N-ethyl adjacent to an activating group) is 1. The van der Waals surface area contributed by atoms with Crippen LogP contribution in [-0.4, -0.2) is 55.0 Å². The number of anilines is 1. The van der Waals surface area contributed by atoms with Crippen LogP contribution >= 0.6 is 0 Å². The maximum Gasteiger partial charge on any atom is 0.289 e. The van der Waals surface area contributed by atoms with Crippen molar-refractivity contribution in [1.82, 2.24) is 10.2 Å². The van der Waals surface area contributed by atoms with E-state index in [-0.39, 0.29) is 36.3 Å². The maximum atomic E-state index is 14.2. The first kappa shape index (κ1) is 23.8. The van der Waals surface area contributed by atoms with Gasteiger partial charge in [-0.15, -0.1) is 0 Å². The molecule has 4 rings (SSSR count). The molecular weight excluding hydrogens is 433 g/mol. The van der Waals surface area contributed by atoms with E-state index in [9.17, 15) is 14.0 Å². The van der Waals surface area contributed by atoms with Crippen LogP contribution in [0, 0.1) is 5.82 Å². The van der Waals surface area contributed by atoms with Gasteiger partial charge in [-0.2, -0.15) is 0 Å². The molecule has 1 saturated heterocycles. The van der Waals surface area contributed by atoms with Crippen LogP contribution in [0.3, 0.4) is 0 Å². The van der Waals surface area contributed by atoms with Gasteiger partial charge in [-0.1, -0.05) is 42.8 Å². The molecule has 0 aromatic heterocycles. The SMILES string of the molecule is CCN(CCNC(=O)CN1C(=O)/C(=C/c2ccccc2F)OC2CCCCC21)c1ccccc1. The molecule has 0 radical (unpaired) electrons. The third-order valence-corrected chi connectivity index (χ3v) is 6.53. The Bertz CT molecular complexity index is 1030. The van der Waals surface area contributed by atoms with Gasteiger partial charge in [0.1, 0.15) is 18.5 Å². The number of halogens is 1. The van der Waals surface area contributed by atoms with Gasteiger partial charge in [-0.05, 0) is 50.5 Å². The van der Waals surface area contributed by atoms with Crippen LogP contribution in [0.25, 0.3) is 6.08 Å². The van der Waals surface area contributed by atoms with E-state index in [1.165, 1.54) is 12.1 Å². The van der Waals surface area contributed by atoms with Crippen LogP contribution in [0.5, 0.6) is 0 Å². The van der Waals surface area contributed by atoms with Gasteiger partial charge >= 0.3 is 0 Å². The summed E-state index contributed by atoms with van der Waals surface area (Å²) in [6, 6.07) is 16.2. The summed E-state index contributed by atoms with van der Waals surface area (Å²) in [5, 5.41) is 2.96. The average molecular weight is 466 g/mol. The van der Waals surface area contributed by atoms with Crippen LogP contribution in [0.4, 0.5) is 10.1 Å². The fourth-order valence-electron chi connectivity index (χ4n) is 4.74. The minimum absolute atomic E-state index is 0.0323. The van der Waals surface area contributed by atoms with Crippen molar-refractivity contribution in [3.63, 3.8) is 0 Å². The van der Waals surface area contributed by atoms with Gasteiger partial charge in [0, 0.05) is 30.9 Å². The lowest BCUT2D eigenvalue weighted by molar-refractivity contribution is -0.151. The van der Waals surface area contributed by atoms with Gasteiger partial charge in [-0.3, -0.25) is 9.59 Å². The normalized spacial score (nSPS) is 21.1. The lowest BCUT2D eigenvalue weighted by atomic mass is 9.89. The van der Waals surface area contributed by atoms with Crippen molar-refractivity contribution in [3.05, 3.63) is 71.7 Å². The molecule has 1 aliphatic carbocycles. The Kier molecular flexibility index (Phi) is 7.83. The first-order valence-corrected chi connectivity index (χ1v) is 12.1. The van der Waals surface area contributed by atoms with Crippen LogP contribution in [0.1, 0.15) is 38.2 Å². The highest BCUT2D eigenvalue weighted by atomic mass is 19.1. The standard InChI is InChI=1S/C27H32FN3O3/c1-2-30(21-11-4-3-5-12-21)17-16-29-26(32)19-31-23-14-8-9-15-24(23)34-25(27(31)33)18-20-10-6-7-13-22(20)28/h3-7,10-13,18,23-24H,2,8-9,14-17,19H2,1H3,(H,29,32)/b25-18-.